The Labute approximate surface area is 236 Å². The molecule has 1 aliphatic carbocycles. The van der Waals surface area contributed by atoms with Crippen molar-refractivity contribution in [2.75, 3.05) is 4.90 Å². The highest BCUT2D eigenvalue weighted by atomic mass is 35.5. The molecule has 2 aliphatic heterocycles. The second kappa shape index (κ2) is 9.99. The van der Waals surface area contributed by atoms with E-state index in [0.717, 1.165) is 25.0 Å². The first-order valence-electron chi connectivity index (χ1n) is 12.9. The van der Waals surface area contributed by atoms with Crippen molar-refractivity contribution >= 4 is 40.8 Å². The number of alkyl halides is 3. The van der Waals surface area contributed by atoms with Gasteiger partial charge in [0.05, 0.1) is 21.2 Å². The Morgan fingerprint density at radius 1 is 1.02 bits per heavy atom. The normalized spacial score (nSPS) is 22.4. The standard InChI is InChI=1S/C28H23Cl2F3N2O5/c29-20-2-1-3-21(30)22(20)24-23(25(40-34-24)13-4-5-13)27(38)39-17-10-14-6-7-15(11-17)35(14)16-8-9-18(26(36)37)19(12-16)28(31,32)33/h1-3,8-9,12-15,17H,4-7,10-11H2,(H,36,37). The minimum absolute atomic E-state index is 0.0553. The fraction of sp³-hybridized carbons (Fsp3) is 0.393. The number of nitrogens with zero attached hydrogens (tertiary/aromatic N) is 2. The maximum Gasteiger partial charge on any atom is 0.417 e. The summed E-state index contributed by atoms with van der Waals surface area (Å²) in [6, 6.07) is 7.94. The number of carbonyl (C=O) groups excluding carboxylic acids is 1. The maximum atomic E-state index is 13.6. The lowest BCUT2D eigenvalue weighted by molar-refractivity contribution is -0.138. The quantitative estimate of drug-likeness (QED) is 0.294. The number of esters is 1. The lowest BCUT2D eigenvalue weighted by Crippen LogP contribution is -2.46. The van der Waals surface area contributed by atoms with Gasteiger partial charge < -0.3 is 19.3 Å². The average Bonchev–Trinajstić information content (AvgIpc) is 3.58. The first kappa shape index (κ1) is 27.0. The topological polar surface area (TPSA) is 92.9 Å². The van der Waals surface area contributed by atoms with Crippen LogP contribution in [0.15, 0.2) is 40.9 Å². The smallest absolute Gasteiger partial charge is 0.417 e. The molecule has 2 unspecified atom stereocenters. The molecule has 210 valence electrons. The lowest BCUT2D eigenvalue weighted by Gasteiger charge is -2.40. The summed E-state index contributed by atoms with van der Waals surface area (Å²) < 4.78 is 52.5. The van der Waals surface area contributed by atoms with Gasteiger partial charge in [0.2, 0.25) is 0 Å². The van der Waals surface area contributed by atoms with E-state index >= 15 is 0 Å². The van der Waals surface area contributed by atoms with Crippen molar-refractivity contribution in [3.8, 4) is 11.3 Å². The molecule has 3 fully saturated rings. The van der Waals surface area contributed by atoms with Crippen LogP contribution in [-0.2, 0) is 10.9 Å². The van der Waals surface area contributed by atoms with Crippen LogP contribution in [0, 0.1) is 0 Å². The number of aromatic nitrogens is 1. The SMILES string of the molecule is O=C(O)c1ccc(N2C3CCC2CC(OC(=O)c2c(-c4c(Cl)cccc4Cl)noc2C2CC2)C3)cc1C(F)(F)F. The minimum Gasteiger partial charge on any atom is -0.478 e. The van der Waals surface area contributed by atoms with Crippen molar-refractivity contribution < 1.29 is 37.1 Å². The Morgan fingerprint density at radius 3 is 2.25 bits per heavy atom. The van der Waals surface area contributed by atoms with E-state index in [9.17, 15) is 27.9 Å². The van der Waals surface area contributed by atoms with Crippen molar-refractivity contribution in [3.05, 3.63) is 68.9 Å². The van der Waals surface area contributed by atoms with Crippen LogP contribution in [0.25, 0.3) is 11.3 Å². The number of aromatic carboxylic acids is 1. The molecule has 1 N–H and O–H groups in total. The highest BCUT2D eigenvalue weighted by molar-refractivity contribution is 6.39. The summed E-state index contributed by atoms with van der Waals surface area (Å²) in [5.41, 5.74) is -0.861. The number of anilines is 1. The molecule has 12 heteroatoms. The molecule has 0 spiro atoms. The highest BCUT2D eigenvalue weighted by Crippen LogP contribution is 2.47. The Morgan fingerprint density at radius 2 is 1.68 bits per heavy atom. The number of carboxylic acid groups (broad SMARTS) is 1. The predicted octanol–water partition coefficient (Wildman–Crippen LogP) is 7.60. The average molecular weight is 595 g/mol. The number of fused-ring (bicyclic) bond motifs is 2. The Kier molecular flexibility index (Phi) is 6.73. The molecule has 2 atom stereocenters. The van der Waals surface area contributed by atoms with Crippen LogP contribution in [0.2, 0.25) is 10.0 Å². The van der Waals surface area contributed by atoms with Gasteiger partial charge in [0.1, 0.15) is 17.4 Å². The molecule has 3 aromatic rings. The number of ether oxygens (including phenoxy) is 1. The van der Waals surface area contributed by atoms with Crippen LogP contribution >= 0.6 is 23.2 Å². The third-order valence-corrected chi connectivity index (χ3v) is 8.50. The molecule has 2 bridgehead atoms. The van der Waals surface area contributed by atoms with E-state index in [-0.39, 0.29) is 29.3 Å². The lowest BCUT2D eigenvalue weighted by atomic mass is 9.97. The van der Waals surface area contributed by atoms with Gasteiger partial charge in [-0.1, -0.05) is 34.4 Å². The van der Waals surface area contributed by atoms with Crippen molar-refractivity contribution in [3.63, 3.8) is 0 Å². The third kappa shape index (κ3) is 4.81. The second-order valence-corrected chi connectivity index (χ2v) is 11.3. The Hall–Kier alpha value is -3.24. The first-order chi connectivity index (χ1) is 19.0. The first-order valence-corrected chi connectivity index (χ1v) is 13.7. The van der Waals surface area contributed by atoms with E-state index in [1.807, 2.05) is 4.90 Å². The number of benzene rings is 2. The molecule has 0 radical (unpaired) electrons. The molecule has 2 aromatic carbocycles. The molecule has 1 saturated carbocycles. The van der Waals surface area contributed by atoms with E-state index < -0.39 is 35.3 Å². The van der Waals surface area contributed by atoms with Crippen molar-refractivity contribution in [2.45, 2.75) is 68.8 Å². The number of rotatable bonds is 6. The molecular weight excluding hydrogens is 572 g/mol. The maximum absolute atomic E-state index is 13.6. The van der Waals surface area contributed by atoms with Crippen LogP contribution < -0.4 is 4.90 Å². The van der Waals surface area contributed by atoms with Crippen LogP contribution in [0.3, 0.4) is 0 Å². The van der Waals surface area contributed by atoms with E-state index in [2.05, 4.69) is 5.16 Å². The van der Waals surface area contributed by atoms with Gasteiger partial charge in [0, 0.05) is 42.1 Å². The zero-order chi connectivity index (χ0) is 28.3. The largest absolute Gasteiger partial charge is 0.478 e. The van der Waals surface area contributed by atoms with E-state index in [0.29, 0.717) is 52.7 Å². The summed E-state index contributed by atoms with van der Waals surface area (Å²) >= 11 is 12.8. The molecule has 3 heterocycles. The zero-order valence-electron chi connectivity index (χ0n) is 20.9. The van der Waals surface area contributed by atoms with Gasteiger partial charge in [0.15, 0.2) is 5.76 Å². The van der Waals surface area contributed by atoms with Gasteiger partial charge in [-0.05, 0) is 56.0 Å². The molecule has 2 saturated heterocycles. The number of halogens is 5. The zero-order valence-corrected chi connectivity index (χ0v) is 22.4. The van der Waals surface area contributed by atoms with Gasteiger partial charge in [0.25, 0.3) is 0 Å². The number of hydrogen-bond acceptors (Lipinski definition) is 6. The predicted molar refractivity (Wildman–Crippen MR) is 140 cm³/mol. The summed E-state index contributed by atoms with van der Waals surface area (Å²) in [6.07, 6.45) is -1.33. The molecule has 6 rings (SSSR count). The highest BCUT2D eigenvalue weighted by Gasteiger charge is 2.45. The summed E-state index contributed by atoms with van der Waals surface area (Å²) in [7, 11) is 0. The molecule has 1 aromatic heterocycles. The number of piperidine rings is 1. The summed E-state index contributed by atoms with van der Waals surface area (Å²) in [5.74, 6) is -1.74. The summed E-state index contributed by atoms with van der Waals surface area (Å²) in [6.45, 7) is 0. The van der Waals surface area contributed by atoms with Gasteiger partial charge in [-0.2, -0.15) is 13.2 Å². The summed E-state index contributed by atoms with van der Waals surface area (Å²) in [4.78, 5) is 26.9. The molecule has 7 nitrogen and oxygen atoms in total. The van der Waals surface area contributed by atoms with Crippen LogP contribution in [0.1, 0.15) is 76.5 Å². The van der Waals surface area contributed by atoms with Crippen molar-refractivity contribution in [2.24, 2.45) is 0 Å². The molecule has 0 amide bonds. The Bertz CT molecular complexity index is 1470. The fourth-order valence-corrected chi connectivity index (χ4v) is 6.56. The van der Waals surface area contributed by atoms with Crippen LogP contribution in [-0.4, -0.2) is 40.4 Å². The molecule has 40 heavy (non-hydrogen) atoms. The van der Waals surface area contributed by atoms with Gasteiger partial charge in [-0.25, -0.2) is 9.59 Å². The van der Waals surface area contributed by atoms with E-state index in [1.54, 1.807) is 18.2 Å². The second-order valence-electron chi connectivity index (χ2n) is 10.5. The monoisotopic (exact) mass is 594 g/mol. The number of hydrogen-bond donors (Lipinski definition) is 1. The van der Waals surface area contributed by atoms with Crippen LogP contribution in [0.5, 0.6) is 0 Å². The van der Waals surface area contributed by atoms with Gasteiger partial charge in [-0.15, -0.1) is 0 Å². The van der Waals surface area contributed by atoms with Crippen molar-refractivity contribution in [1.29, 1.82) is 0 Å². The summed E-state index contributed by atoms with van der Waals surface area (Å²) in [5, 5.41) is 14.0. The number of carbonyl (C=O) groups is 2. The van der Waals surface area contributed by atoms with Gasteiger partial charge in [-0.3, -0.25) is 0 Å². The fourth-order valence-electron chi connectivity index (χ4n) is 5.99. The van der Waals surface area contributed by atoms with Crippen LogP contribution in [0.4, 0.5) is 18.9 Å². The van der Waals surface area contributed by atoms with E-state index in [4.69, 9.17) is 32.5 Å². The van der Waals surface area contributed by atoms with Gasteiger partial charge >= 0.3 is 18.1 Å². The molecule has 3 aliphatic rings. The molecular formula is C28H23Cl2F3N2O5. The van der Waals surface area contributed by atoms with Crippen molar-refractivity contribution in [1.82, 2.24) is 5.16 Å². The minimum atomic E-state index is -4.81. The number of carboxylic acids is 1. The Balaban J connectivity index is 1.25. The van der Waals surface area contributed by atoms with E-state index in [1.165, 1.54) is 6.07 Å². The third-order valence-electron chi connectivity index (χ3n) is 7.87.